The highest BCUT2D eigenvalue weighted by molar-refractivity contribution is 6.57. The van der Waals surface area contributed by atoms with Gasteiger partial charge in [0, 0.05) is 11.2 Å². The summed E-state index contributed by atoms with van der Waals surface area (Å²) in [5.41, 5.74) is 2.38. The summed E-state index contributed by atoms with van der Waals surface area (Å²) in [6.45, 7) is 0. The van der Waals surface area contributed by atoms with Gasteiger partial charge in [-0.1, -0.05) is 17.7 Å². The Balaban J connectivity index is 1.84. The third-order valence-corrected chi connectivity index (χ3v) is 2.91. The van der Waals surface area contributed by atoms with Gasteiger partial charge >= 0.3 is 0 Å². The Morgan fingerprint density at radius 3 is 2.59 bits per heavy atom. The Kier molecular flexibility index (Phi) is 2.61. The summed E-state index contributed by atoms with van der Waals surface area (Å²) >= 11 is 5.82. The van der Waals surface area contributed by atoms with Crippen molar-refractivity contribution in [3.63, 3.8) is 0 Å². The standard InChI is InChI=1S/C13H9BClNO/c15-10-2-5-11(6-3-10)17-12-4-1-9-8-16-14-13(9)7-12/h1-8,14H. The van der Waals surface area contributed by atoms with E-state index < -0.39 is 0 Å². The van der Waals surface area contributed by atoms with Crippen LogP contribution in [-0.2, 0) is 0 Å². The topological polar surface area (TPSA) is 21.6 Å². The van der Waals surface area contributed by atoms with Crippen molar-refractivity contribution in [3.8, 4) is 11.5 Å². The van der Waals surface area contributed by atoms with Gasteiger partial charge in [0.25, 0.3) is 7.41 Å². The predicted octanol–water partition coefficient (Wildman–Crippen LogP) is 2.54. The first-order chi connectivity index (χ1) is 8.31. The molecule has 0 spiro atoms. The lowest BCUT2D eigenvalue weighted by Crippen LogP contribution is -2.11. The Morgan fingerprint density at radius 2 is 1.76 bits per heavy atom. The molecule has 0 amide bonds. The molecule has 4 heteroatoms. The van der Waals surface area contributed by atoms with Crippen LogP contribution in [-0.4, -0.2) is 13.6 Å². The van der Waals surface area contributed by atoms with Gasteiger partial charge in [-0.3, -0.25) is 0 Å². The lowest BCUT2D eigenvalue weighted by molar-refractivity contribution is 0.483. The van der Waals surface area contributed by atoms with Crippen LogP contribution in [0.25, 0.3) is 0 Å². The van der Waals surface area contributed by atoms with E-state index >= 15 is 0 Å². The molecular formula is C13H9BClNO. The number of hydrogen-bond donors (Lipinski definition) is 0. The summed E-state index contributed by atoms with van der Waals surface area (Å²) in [7, 11) is 0.743. The third-order valence-electron chi connectivity index (χ3n) is 2.66. The molecule has 0 saturated carbocycles. The summed E-state index contributed by atoms with van der Waals surface area (Å²) in [5.74, 6) is 1.62. The Morgan fingerprint density at radius 1 is 1.00 bits per heavy atom. The Bertz CT molecular complexity index is 580. The smallest absolute Gasteiger partial charge is 0.295 e. The molecule has 0 aromatic heterocycles. The van der Waals surface area contributed by atoms with Crippen LogP contribution in [0.2, 0.25) is 5.02 Å². The zero-order valence-electron chi connectivity index (χ0n) is 9.06. The highest BCUT2D eigenvalue weighted by atomic mass is 35.5. The first kappa shape index (κ1) is 10.4. The van der Waals surface area contributed by atoms with Crippen LogP contribution in [0.1, 0.15) is 5.56 Å². The lowest BCUT2D eigenvalue weighted by Gasteiger charge is -2.07. The molecule has 3 rings (SSSR count). The largest absolute Gasteiger partial charge is 0.457 e. The van der Waals surface area contributed by atoms with Crippen molar-refractivity contribution < 1.29 is 4.74 Å². The Hall–Kier alpha value is -1.74. The van der Waals surface area contributed by atoms with E-state index in [1.165, 1.54) is 11.0 Å². The van der Waals surface area contributed by atoms with Crippen molar-refractivity contribution in [2.75, 3.05) is 0 Å². The van der Waals surface area contributed by atoms with E-state index in [0.29, 0.717) is 5.02 Å². The van der Waals surface area contributed by atoms with Gasteiger partial charge in [-0.2, -0.15) is 0 Å². The number of ether oxygens (including phenoxy) is 1. The molecule has 1 aliphatic rings. The molecule has 2 aromatic rings. The second-order valence-corrected chi connectivity index (χ2v) is 4.32. The molecule has 0 bridgehead atoms. The summed E-state index contributed by atoms with van der Waals surface area (Å²) in [4.78, 5) is 4.21. The fraction of sp³-hybridized carbons (Fsp3) is 0. The molecule has 1 aliphatic heterocycles. The summed E-state index contributed by atoms with van der Waals surface area (Å²) in [5, 5.41) is 0.708. The van der Waals surface area contributed by atoms with E-state index in [1.807, 2.05) is 48.7 Å². The SMILES string of the molecule is Clc1ccc(Oc2ccc3c(c2)BN=C3)cc1. The van der Waals surface area contributed by atoms with E-state index in [-0.39, 0.29) is 0 Å². The maximum atomic E-state index is 5.82. The molecule has 2 aromatic carbocycles. The number of nitrogens with zero attached hydrogens (tertiary/aromatic N) is 1. The van der Waals surface area contributed by atoms with E-state index in [0.717, 1.165) is 18.9 Å². The van der Waals surface area contributed by atoms with E-state index in [2.05, 4.69) is 4.90 Å². The average molecular weight is 241 g/mol. The van der Waals surface area contributed by atoms with Gasteiger partial charge in [-0.15, -0.1) is 0 Å². The third kappa shape index (κ3) is 2.20. The van der Waals surface area contributed by atoms with Gasteiger partial charge in [0.05, 0.1) is 0 Å². The van der Waals surface area contributed by atoms with Crippen molar-refractivity contribution in [2.24, 2.45) is 4.90 Å². The van der Waals surface area contributed by atoms with Crippen LogP contribution in [0.15, 0.2) is 47.4 Å². The maximum Gasteiger partial charge on any atom is 0.295 e. The number of hydrogen-bond acceptors (Lipinski definition) is 2. The van der Waals surface area contributed by atoms with Crippen LogP contribution < -0.4 is 10.2 Å². The minimum Gasteiger partial charge on any atom is -0.457 e. The number of benzene rings is 2. The number of halogens is 1. The molecule has 0 unspecified atom stereocenters. The van der Waals surface area contributed by atoms with Gasteiger partial charge in [0.15, 0.2) is 0 Å². The normalized spacial score (nSPS) is 12.1. The lowest BCUT2D eigenvalue weighted by atomic mass is 9.84. The van der Waals surface area contributed by atoms with Gasteiger partial charge in [0.2, 0.25) is 0 Å². The highest BCUT2D eigenvalue weighted by Crippen LogP contribution is 2.22. The quantitative estimate of drug-likeness (QED) is 0.741. The van der Waals surface area contributed by atoms with Gasteiger partial charge < -0.3 is 9.64 Å². The maximum absolute atomic E-state index is 5.82. The Labute approximate surface area is 105 Å². The minimum absolute atomic E-state index is 0.708. The summed E-state index contributed by atoms with van der Waals surface area (Å²) in [6.07, 6.45) is 1.89. The van der Waals surface area contributed by atoms with E-state index in [9.17, 15) is 0 Å². The van der Waals surface area contributed by atoms with Crippen LogP contribution >= 0.6 is 11.6 Å². The van der Waals surface area contributed by atoms with E-state index in [1.54, 1.807) is 0 Å². The van der Waals surface area contributed by atoms with E-state index in [4.69, 9.17) is 16.3 Å². The molecule has 0 saturated heterocycles. The molecule has 17 heavy (non-hydrogen) atoms. The van der Waals surface area contributed by atoms with Crippen molar-refractivity contribution in [1.29, 1.82) is 0 Å². The first-order valence-electron chi connectivity index (χ1n) is 5.37. The molecule has 0 aliphatic carbocycles. The zero-order valence-corrected chi connectivity index (χ0v) is 9.82. The van der Waals surface area contributed by atoms with Crippen LogP contribution in [0.3, 0.4) is 0 Å². The number of rotatable bonds is 2. The van der Waals surface area contributed by atoms with Crippen molar-refractivity contribution in [2.45, 2.75) is 0 Å². The molecule has 1 heterocycles. The average Bonchev–Trinajstić information content (AvgIpc) is 2.79. The fourth-order valence-corrected chi connectivity index (χ4v) is 1.92. The predicted molar refractivity (Wildman–Crippen MR) is 72.3 cm³/mol. The fourth-order valence-electron chi connectivity index (χ4n) is 1.79. The monoisotopic (exact) mass is 241 g/mol. The number of fused-ring (bicyclic) bond motifs is 1. The second kappa shape index (κ2) is 4.26. The van der Waals surface area contributed by atoms with Gasteiger partial charge in [0.1, 0.15) is 11.5 Å². The van der Waals surface area contributed by atoms with Crippen LogP contribution in [0.4, 0.5) is 0 Å². The molecule has 0 fully saturated rings. The molecule has 82 valence electrons. The molecule has 0 radical (unpaired) electrons. The summed E-state index contributed by atoms with van der Waals surface area (Å²) < 4.78 is 5.74. The van der Waals surface area contributed by atoms with Crippen LogP contribution in [0.5, 0.6) is 11.5 Å². The second-order valence-electron chi connectivity index (χ2n) is 3.89. The molecule has 0 N–H and O–H groups in total. The van der Waals surface area contributed by atoms with Gasteiger partial charge in [-0.25, -0.2) is 0 Å². The first-order valence-corrected chi connectivity index (χ1v) is 5.75. The van der Waals surface area contributed by atoms with Crippen molar-refractivity contribution in [3.05, 3.63) is 53.1 Å². The minimum atomic E-state index is 0.708. The van der Waals surface area contributed by atoms with Crippen molar-refractivity contribution >= 4 is 30.7 Å². The van der Waals surface area contributed by atoms with Crippen LogP contribution in [0, 0.1) is 0 Å². The molecule has 0 atom stereocenters. The highest BCUT2D eigenvalue weighted by Gasteiger charge is 2.09. The molecule has 2 nitrogen and oxygen atoms in total. The zero-order chi connectivity index (χ0) is 11.7. The van der Waals surface area contributed by atoms with Gasteiger partial charge in [-0.05, 0) is 47.4 Å². The van der Waals surface area contributed by atoms with Crippen molar-refractivity contribution in [1.82, 2.24) is 0 Å². The summed E-state index contributed by atoms with van der Waals surface area (Å²) in [6, 6.07) is 13.3. The molecular weight excluding hydrogens is 232 g/mol.